The summed E-state index contributed by atoms with van der Waals surface area (Å²) < 4.78 is 11.5. The van der Waals surface area contributed by atoms with Gasteiger partial charge < -0.3 is 5.11 Å². The Balaban J connectivity index is 3.09. The maximum absolute atomic E-state index is 11.5. The molecule has 1 rings (SSSR count). The van der Waals surface area contributed by atoms with Gasteiger partial charge in [-0.3, -0.25) is 9.00 Å². The molecule has 0 aliphatic heterocycles. The summed E-state index contributed by atoms with van der Waals surface area (Å²) in [6.07, 6.45) is 0. The van der Waals surface area contributed by atoms with Gasteiger partial charge in [0.05, 0.1) is 25.7 Å². The molecule has 0 bridgehead atoms. The van der Waals surface area contributed by atoms with Crippen LogP contribution in [-0.2, 0) is 15.6 Å². The predicted octanol–water partition coefficient (Wildman–Crippen LogP) is 2.47. The molecule has 0 aliphatic rings. The second kappa shape index (κ2) is 5.21. The average molecular weight is 285 g/mol. The lowest BCUT2D eigenvalue weighted by atomic mass is 10.3. The van der Waals surface area contributed by atoms with Crippen molar-refractivity contribution in [2.75, 3.05) is 5.75 Å². The summed E-state index contributed by atoms with van der Waals surface area (Å²) >= 11 is 15.6. The van der Waals surface area contributed by atoms with Gasteiger partial charge in [-0.25, -0.2) is 0 Å². The number of carboxylic acids is 1. The molecule has 1 aromatic rings. The Labute approximate surface area is 104 Å². The molecule has 1 atom stereocenters. The highest BCUT2D eigenvalue weighted by molar-refractivity contribution is 7.86. The number of hydrogen-bond donors (Lipinski definition) is 2. The highest BCUT2D eigenvalue weighted by Crippen LogP contribution is 2.29. The minimum absolute atomic E-state index is 0.198. The number of carbonyl (C=O) groups is 1. The van der Waals surface area contributed by atoms with Crippen LogP contribution in [0.2, 0.25) is 10.0 Å². The maximum atomic E-state index is 11.5. The summed E-state index contributed by atoms with van der Waals surface area (Å²) in [6, 6.07) is 2.80. The van der Waals surface area contributed by atoms with Crippen molar-refractivity contribution in [2.24, 2.45) is 0 Å². The molecule has 0 saturated carbocycles. The van der Waals surface area contributed by atoms with Crippen LogP contribution in [0, 0.1) is 0 Å². The third-order valence-electron chi connectivity index (χ3n) is 1.50. The van der Waals surface area contributed by atoms with Gasteiger partial charge >= 0.3 is 5.97 Å². The number of rotatable bonds is 3. The average Bonchev–Trinajstić information content (AvgIpc) is 2.09. The van der Waals surface area contributed by atoms with Gasteiger partial charge in [0, 0.05) is 4.90 Å². The fourth-order valence-electron chi connectivity index (χ4n) is 0.882. The topological polar surface area (TPSA) is 54.4 Å². The van der Waals surface area contributed by atoms with Crippen LogP contribution in [0.25, 0.3) is 0 Å². The lowest BCUT2D eigenvalue weighted by Crippen LogP contribution is -2.09. The first-order valence-electron chi connectivity index (χ1n) is 3.70. The van der Waals surface area contributed by atoms with E-state index in [9.17, 15) is 9.00 Å². The first-order valence-corrected chi connectivity index (χ1v) is 6.22. The van der Waals surface area contributed by atoms with Crippen LogP contribution in [0.5, 0.6) is 0 Å². The van der Waals surface area contributed by atoms with Gasteiger partial charge in [0.1, 0.15) is 5.75 Å². The molecule has 7 heteroatoms. The van der Waals surface area contributed by atoms with E-state index >= 15 is 0 Å². The Morgan fingerprint density at radius 2 is 2.00 bits per heavy atom. The molecular weight excluding hydrogens is 279 g/mol. The van der Waals surface area contributed by atoms with E-state index < -0.39 is 22.5 Å². The predicted molar refractivity (Wildman–Crippen MR) is 62.6 cm³/mol. The quantitative estimate of drug-likeness (QED) is 0.839. The minimum Gasteiger partial charge on any atom is -0.481 e. The zero-order valence-corrected chi connectivity index (χ0v) is 10.5. The SMILES string of the molecule is O=C(O)CS(=O)c1cc(Cl)c(S)cc1Cl. The Morgan fingerprint density at radius 3 is 2.53 bits per heavy atom. The molecule has 0 fully saturated rings. The highest BCUT2D eigenvalue weighted by Gasteiger charge is 2.14. The van der Waals surface area contributed by atoms with E-state index in [1.165, 1.54) is 12.1 Å². The zero-order valence-electron chi connectivity index (χ0n) is 7.24. The standard InChI is InChI=1S/C8H6Cl2O3S2/c9-4-2-7(5(10)1-6(4)14)15(13)3-8(11)12/h1-2,14H,3H2,(H,11,12). The van der Waals surface area contributed by atoms with E-state index in [4.69, 9.17) is 28.3 Å². The summed E-state index contributed by atoms with van der Waals surface area (Å²) in [5.41, 5.74) is 0. The van der Waals surface area contributed by atoms with Gasteiger partial charge in [-0.2, -0.15) is 0 Å². The van der Waals surface area contributed by atoms with Gasteiger partial charge in [-0.1, -0.05) is 23.2 Å². The molecule has 0 spiro atoms. The van der Waals surface area contributed by atoms with Crippen molar-refractivity contribution >= 4 is 52.6 Å². The van der Waals surface area contributed by atoms with Crippen LogP contribution < -0.4 is 0 Å². The third-order valence-corrected chi connectivity index (χ3v) is 4.08. The Morgan fingerprint density at radius 1 is 1.40 bits per heavy atom. The molecule has 1 aromatic carbocycles. The Bertz CT molecular complexity index is 434. The highest BCUT2D eigenvalue weighted by atomic mass is 35.5. The molecule has 0 amide bonds. The molecule has 1 N–H and O–H groups in total. The second-order valence-corrected chi connectivity index (χ2v) is 5.33. The van der Waals surface area contributed by atoms with E-state index in [1.54, 1.807) is 0 Å². The van der Waals surface area contributed by atoms with Gasteiger partial charge in [-0.15, -0.1) is 12.6 Å². The van der Waals surface area contributed by atoms with Crippen molar-refractivity contribution in [1.29, 1.82) is 0 Å². The summed E-state index contributed by atoms with van der Waals surface area (Å²) in [5.74, 6) is -1.66. The molecule has 0 radical (unpaired) electrons. The lowest BCUT2D eigenvalue weighted by molar-refractivity contribution is -0.133. The van der Waals surface area contributed by atoms with Crippen molar-refractivity contribution in [3.63, 3.8) is 0 Å². The van der Waals surface area contributed by atoms with E-state index in [0.717, 1.165) is 0 Å². The lowest BCUT2D eigenvalue weighted by Gasteiger charge is -2.05. The fraction of sp³-hybridized carbons (Fsp3) is 0.125. The third kappa shape index (κ3) is 3.38. The van der Waals surface area contributed by atoms with E-state index in [1.807, 2.05) is 0 Å². The number of aliphatic carboxylic acids is 1. The van der Waals surface area contributed by atoms with Crippen molar-refractivity contribution in [3.05, 3.63) is 22.2 Å². The zero-order chi connectivity index (χ0) is 11.6. The Hall–Kier alpha value is -0.230. The molecule has 82 valence electrons. The van der Waals surface area contributed by atoms with E-state index in [2.05, 4.69) is 12.6 Å². The van der Waals surface area contributed by atoms with Crippen LogP contribution in [0.3, 0.4) is 0 Å². The number of thiol groups is 1. The summed E-state index contributed by atoms with van der Waals surface area (Å²) in [5, 5.41) is 8.96. The summed E-state index contributed by atoms with van der Waals surface area (Å²) in [4.78, 5) is 11.0. The first-order chi connectivity index (χ1) is 6.91. The summed E-state index contributed by atoms with van der Waals surface area (Å²) in [6.45, 7) is 0. The molecule has 3 nitrogen and oxygen atoms in total. The van der Waals surface area contributed by atoms with Crippen LogP contribution in [0.15, 0.2) is 21.9 Å². The molecule has 0 heterocycles. The van der Waals surface area contributed by atoms with E-state index in [0.29, 0.717) is 4.90 Å². The molecule has 15 heavy (non-hydrogen) atoms. The fourth-order valence-corrected chi connectivity index (χ4v) is 2.71. The van der Waals surface area contributed by atoms with Crippen molar-refractivity contribution in [2.45, 2.75) is 9.79 Å². The largest absolute Gasteiger partial charge is 0.481 e. The first kappa shape index (κ1) is 12.8. The maximum Gasteiger partial charge on any atom is 0.316 e. The van der Waals surface area contributed by atoms with E-state index in [-0.39, 0.29) is 14.9 Å². The normalized spacial score (nSPS) is 12.5. The van der Waals surface area contributed by atoms with Crippen LogP contribution in [0.4, 0.5) is 0 Å². The van der Waals surface area contributed by atoms with Gasteiger partial charge in [0.2, 0.25) is 0 Å². The second-order valence-electron chi connectivity index (χ2n) is 2.62. The molecule has 0 aliphatic carbocycles. The van der Waals surface area contributed by atoms with Gasteiger partial charge in [0.25, 0.3) is 0 Å². The number of halogens is 2. The van der Waals surface area contributed by atoms with Gasteiger partial charge in [-0.05, 0) is 12.1 Å². The molecule has 0 saturated heterocycles. The monoisotopic (exact) mass is 284 g/mol. The molecule has 0 aromatic heterocycles. The van der Waals surface area contributed by atoms with Crippen molar-refractivity contribution < 1.29 is 14.1 Å². The van der Waals surface area contributed by atoms with Crippen LogP contribution >= 0.6 is 35.8 Å². The molecular formula is C8H6Cl2O3S2. The van der Waals surface area contributed by atoms with Crippen molar-refractivity contribution in [1.82, 2.24) is 0 Å². The van der Waals surface area contributed by atoms with Gasteiger partial charge in [0.15, 0.2) is 0 Å². The number of carboxylic acid groups (broad SMARTS) is 1. The van der Waals surface area contributed by atoms with Crippen LogP contribution in [-0.4, -0.2) is 21.0 Å². The molecule has 1 unspecified atom stereocenters. The summed E-state index contributed by atoms with van der Waals surface area (Å²) in [7, 11) is -1.69. The number of hydrogen-bond acceptors (Lipinski definition) is 3. The van der Waals surface area contributed by atoms with Crippen LogP contribution in [0.1, 0.15) is 0 Å². The Kier molecular flexibility index (Phi) is 4.45. The smallest absolute Gasteiger partial charge is 0.316 e. The minimum atomic E-state index is -1.69. The number of benzene rings is 1. The van der Waals surface area contributed by atoms with Crippen molar-refractivity contribution in [3.8, 4) is 0 Å².